The van der Waals surface area contributed by atoms with Crippen molar-refractivity contribution >= 4 is 5.91 Å². The predicted octanol–water partition coefficient (Wildman–Crippen LogP) is 2.27. The van der Waals surface area contributed by atoms with Gasteiger partial charge in [-0.2, -0.15) is 0 Å². The van der Waals surface area contributed by atoms with Gasteiger partial charge in [-0.3, -0.25) is 4.79 Å². The fraction of sp³-hybridized carbons (Fsp3) is 0.929. The highest BCUT2D eigenvalue weighted by atomic mass is 16.1. The Bertz CT molecular complexity index is 236. The van der Waals surface area contributed by atoms with Gasteiger partial charge in [0.2, 0.25) is 5.91 Å². The van der Waals surface area contributed by atoms with Gasteiger partial charge in [0, 0.05) is 18.9 Å². The van der Waals surface area contributed by atoms with E-state index in [1.54, 1.807) is 0 Å². The van der Waals surface area contributed by atoms with E-state index in [-0.39, 0.29) is 17.2 Å². The zero-order valence-electron chi connectivity index (χ0n) is 12.8. The van der Waals surface area contributed by atoms with E-state index >= 15 is 0 Å². The Morgan fingerprint density at radius 1 is 1.24 bits per heavy atom. The highest BCUT2D eigenvalue weighted by molar-refractivity contribution is 5.78. The Morgan fingerprint density at radius 3 is 2.18 bits per heavy atom. The Kier molecular flexibility index (Phi) is 6.17. The largest absolute Gasteiger partial charge is 0.356 e. The molecule has 1 unspecified atom stereocenters. The molecule has 0 aromatic rings. The summed E-state index contributed by atoms with van der Waals surface area (Å²) in [7, 11) is 6.51. The first kappa shape index (κ1) is 16.4. The summed E-state index contributed by atoms with van der Waals surface area (Å²) in [6, 6.07) is 0. The van der Waals surface area contributed by atoms with E-state index in [0.29, 0.717) is 0 Å². The minimum absolute atomic E-state index is 0.110. The SMILES string of the molecule is CC(CC(C)(C)C)C(=O)NCCC[N+](C)(C)C. The first-order valence-corrected chi connectivity index (χ1v) is 6.59. The highest BCUT2D eigenvalue weighted by Gasteiger charge is 2.20. The van der Waals surface area contributed by atoms with Crippen LogP contribution in [0.2, 0.25) is 0 Å². The van der Waals surface area contributed by atoms with E-state index in [4.69, 9.17) is 0 Å². The molecule has 1 amide bonds. The molecule has 0 rings (SSSR count). The number of amides is 1. The molecule has 0 heterocycles. The van der Waals surface area contributed by atoms with E-state index in [1.807, 2.05) is 6.92 Å². The van der Waals surface area contributed by atoms with Gasteiger partial charge < -0.3 is 9.80 Å². The highest BCUT2D eigenvalue weighted by Crippen LogP contribution is 2.23. The maximum Gasteiger partial charge on any atom is 0.222 e. The van der Waals surface area contributed by atoms with E-state index < -0.39 is 0 Å². The summed E-state index contributed by atoms with van der Waals surface area (Å²) in [5, 5.41) is 3.03. The van der Waals surface area contributed by atoms with Crippen molar-refractivity contribution in [1.82, 2.24) is 5.32 Å². The van der Waals surface area contributed by atoms with Crippen LogP contribution in [-0.2, 0) is 4.79 Å². The topological polar surface area (TPSA) is 29.1 Å². The van der Waals surface area contributed by atoms with Crippen molar-refractivity contribution in [3.05, 3.63) is 0 Å². The van der Waals surface area contributed by atoms with Gasteiger partial charge in [-0.15, -0.1) is 0 Å². The molecule has 102 valence electrons. The molecule has 0 aromatic carbocycles. The van der Waals surface area contributed by atoms with Gasteiger partial charge in [-0.25, -0.2) is 0 Å². The van der Waals surface area contributed by atoms with E-state index in [0.717, 1.165) is 30.4 Å². The van der Waals surface area contributed by atoms with Gasteiger partial charge in [0.1, 0.15) is 0 Å². The number of nitrogens with one attached hydrogen (secondary N) is 1. The van der Waals surface area contributed by atoms with Crippen LogP contribution in [0.15, 0.2) is 0 Å². The minimum atomic E-state index is 0.110. The van der Waals surface area contributed by atoms with Crippen LogP contribution < -0.4 is 5.32 Å². The minimum Gasteiger partial charge on any atom is -0.356 e. The zero-order valence-corrected chi connectivity index (χ0v) is 12.8. The lowest BCUT2D eigenvalue weighted by Gasteiger charge is -2.24. The summed E-state index contributed by atoms with van der Waals surface area (Å²) < 4.78 is 0.952. The maximum atomic E-state index is 11.8. The Balaban J connectivity index is 3.80. The van der Waals surface area contributed by atoms with Crippen molar-refractivity contribution in [1.29, 1.82) is 0 Å². The second-order valence-electron chi connectivity index (χ2n) is 7.32. The second-order valence-corrected chi connectivity index (χ2v) is 7.32. The van der Waals surface area contributed by atoms with Crippen LogP contribution in [0, 0.1) is 11.3 Å². The lowest BCUT2D eigenvalue weighted by molar-refractivity contribution is -0.870. The van der Waals surface area contributed by atoms with Gasteiger partial charge in [-0.05, 0) is 11.8 Å². The molecular weight excluding hydrogens is 212 g/mol. The molecule has 0 aliphatic heterocycles. The van der Waals surface area contributed by atoms with Crippen LogP contribution in [0.4, 0.5) is 0 Å². The molecule has 17 heavy (non-hydrogen) atoms. The lowest BCUT2D eigenvalue weighted by atomic mass is 9.85. The molecule has 0 saturated carbocycles. The first-order valence-electron chi connectivity index (χ1n) is 6.59. The van der Waals surface area contributed by atoms with Gasteiger partial charge in [0.25, 0.3) is 0 Å². The van der Waals surface area contributed by atoms with Crippen LogP contribution in [0.3, 0.4) is 0 Å². The number of nitrogens with zero attached hydrogens (tertiary/aromatic N) is 1. The van der Waals surface area contributed by atoms with Gasteiger partial charge in [0.05, 0.1) is 27.7 Å². The summed E-state index contributed by atoms with van der Waals surface area (Å²) in [6.07, 6.45) is 1.98. The summed E-state index contributed by atoms with van der Waals surface area (Å²) in [4.78, 5) is 11.8. The van der Waals surface area contributed by atoms with Crippen molar-refractivity contribution in [2.45, 2.75) is 40.5 Å². The predicted molar refractivity (Wildman–Crippen MR) is 73.8 cm³/mol. The van der Waals surface area contributed by atoms with Crippen LogP contribution in [-0.4, -0.2) is 44.6 Å². The standard InChI is InChI=1S/C14H30N2O/c1-12(11-14(2,3)4)13(17)15-9-8-10-16(5,6)7/h12H,8-11H2,1-7H3/p+1. The Labute approximate surface area is 107 Å². The Hall–Kier alpha value is -0.570. The summed E-state index contributed by atoms with van der Waals surface area (Å²) in [6.45, 7) is 10.4. The molecule has 0 fully saturated rings. The van der Waals surface area contributed by atoms with Crippen molar-refractivity contribution in [3.63, 3.8) is 0 Å². The first-order chi connectivity index (χ1) is 7.51. The molecule has 1 N–H and O–H groups in total. The number of quaternary nitrogens is 1. The summed E-state index contributed by atoms with van der Waals surface area (Å²) in [5.41, 5.74) is 0.221. The van der Waals surface area contributed by atoms with Crippen molar-refractivity contribution in [3.8, 4) is 0 Å². The van der Waals surface area contributed by atoms with Gasteiger partial charge in [0.15, 0.2) is 0 Å². The zero-order chi connectivity index (χ0) is 13.7. The van der Waals surface area contributed by atoms with Crippen LogP contribution in [0.5, 0.6) is 0 Å². The normalized spacial score (nSPS) is 14.5. The molecule has 3 nitrogen and oxygen atoms in total. The fourth-order valence-corrected chi connectivity index (χ4v) is 1.95. The monoisotopic (exact) mass is 243 g/mol. The summed E-state index contributed by atoms with van der Waals surface area (Å²) in [5.74, 6) is 0.306. The fourth-order valence-electron chi connectivity index (χ4n) is 1.95. The average Bonchev–Trinajstić information content (AvgIpc) is 2.07. The number of rotatable bonds is 6. The average molecular weight is 243 g/mol. The van der Waals surface area contributed by atoms with Crippen molar-refractivity contribution in [2.75, 3.05) is 34.2 Å². The molecule has 3 heteroatoms. The molecule has 0 aliphatic carbocycles. The summed E-state index contributed by atoms with van der Waals surface area (Å²) >= 11 is 0. The van der Waals surface area contributed by atoms with Crippen molar-refractivity contribution in [2.24, 2.45) is 11.3 Å². The molecule has 0 aliphatic rings. The smallest absolute Gasteiger partial charge is 0.222 e. The Morgan fingerprint density at radius 2 is 1.76 bits per heavy atom. The molecule has 0 saturated heterocycles. The van der Waals surface area contributed by atoms with E-state index in [1.165, 1.54) is 0 Å². The number of carbonyl (C=O) groups excluding carboxylic acids is 1. The molecule has 0 bridgehead atoms. The van der Waals surface area contributed by atoms with E-state index in [2.05, 4.69) is 47.2 Å². The van der Waals surface area contributed by atoms with Gasteiger partial charge in [-0.1, -0.05) is 27.7 Å². The lowest BCUT2D eigenvalue weighted by Crippen LogP contribution is -2.38. The molecule has 0 aromatic heterocycles. The third kappa shape index (κ3) is 10.3. The van der Waals surface area contributed by atoms with Crippen LogP contribution in [0.1, 0.15) is 40.5 Å². The van der Waals surface area contributed by atoms with E-state index in [9.17, 15) is 4.79 Å². The van der Waals surface area contributed by atoms with Crippen LogP contribution >= 0.6 is 0 Å². The van der Waals surface area contributed by atoms with Crippen molar-refractivity contribution < 1.29 is 9.28 Å². The quantitative estimate of drug-likeness (QED) is 0.563. The molecular formula is C14H31N2O+. The third-order valence-electron chi connectivity index (χ3n) is 2.67. The van der Waals surface area contributed by atoms with Crippen LogP contribution in [0.25, 0.3) is 0 Å². The number of carbonyl (C=O) groups is 1. The second kappa shape index (κ2) is 6.39. The molecule has 0 spiro atoms. The molecule has 1 atom stereocenters. The molecule has 0 radical (unpaired) electrons. The van der Waals surface area contributed by atoms with Gasteiger partial charge >= 0.3 is 0 Å². The number of hydrogen-bond acceptors (Lipinski definition) is 1. The number of hydrogen-bond donors (Lipinski definition) is 1. The maximum absolute atomic E-state index is 11.8. The third-order valence-corrected chi connectivity index (χ3v) is 2.67.